The third-order valence-electron chi connectivity index (χ3n) is 4.05. The average Bonchev–Trinajstić information content (AvgIpc) is 2.66. The molecule has 0 amide bonds. The Labute approximate surface area is 119 Å². The van der Waals surface area contributed by atoms with Gasteiger partial charge in [0, 0.05) is 38.7 Å². The molecule has 0 aliphatic carbocycles. The van der Waals surface area contributed by atoms with Crippen LogP contribution in [0.1, 0.15) is 0 Å². The van der Waals surface area contributed by atoms with Crippen molar-refractivity contribution >= 4 is 17.6 Å². The maximum atomic E-state index is 5.80. The van der Waals surface area contributed by atoms with E-state index in [4.69, 9.17) is 10.5 Å². The molecular formula is C13H22N6O. The molecule has 3 heterocycles. The van der Waals surface area contributed by atoms with Crippen LogP contribution in [-0.2, 0) is 4.74 Å². The van der Waals surface area contributed by atoms with Crippen molar-refractivity contribution < 1.29 is 4.74 Å². The number of anilines is 3. The normalized spacial score (nSPS) is 27.2. The Hall–Kier alpha value is -1.60. The molecule has 110 valence electrons. The zero-order chi connectivity index (χ0) is 14.1. The van der Waals surface area contributed by atoms with Crippen molar-refractivity contribution in [3.8, 4) is 0 Å². The fourth-order valence-electron chi connectivity index (χ4n) is 2.98. The number of hydrogen-bond acceptors (Lipinski definition) is 7. The minimum absolute atomic E-state index is 0.311. The monoisotopic (exact) mass is 278 g/mol. The van der Waals surface area contributed by atoms with Crippen LogP contribution in [0.25, 0.3) is 0 Å². The Morgan fingerprint density at radius 2 is 2.15 bits per heavy atom. The van der Waals surface area contributed by atoms with Crippen molar-refractivity contribution in [3.05, 3.63) is 6.07 Å². The number of nitrogens with zero attached hydrogens (tertiary/aromatic N) is 4. The molecule has 0 spiro atoms. The van der Waals surface area contributed by atoms with Gasteiger partial charge in [-0.3, -0.25) is 4.90 Å². The van der Waals surface area contributed by atoms with Crippen LogP contribution in [0.4, 0.5) is 17.6 Å². The molecule has 0 saturated carbocycles. The first-order chi connectivity index (χ1) is 9.65. The Kier molecular flexibility index (Phi) is 3.62. The second kappa shape index (κ2) is 5.41. The number of nitrogens with one attached hydrogen (secondary N) is 1. The van der Waals surface area contributed by atoms with Gasteiger partial charge in [0.05, 0.1) is 19.3 Å². The van der Waals surface area contributed by atoms with Gasteiger partial charge >= 0.3 is 0 Å². The Morgan fingerprint density at radius 3 is 2.95 bits per heavy atom. The molecule has 2 atom stereocenters. The van der Waals surface area contributed by atoms with Crippen LogP contribution in [0.15, 0.2) is 6.07 Å². The Morgan fingerprint density at radius 1 is 1.30 bits per heavy atom. The van der Waals surface area contributed by atoms with Gasteiger partial charge in [-0.1, -0.05) is 0 Å². The Balaban J connectivity index is 1.88. The molecule has 2 aliphatic rings. The first kappa shape index (κ1) is 13.4. The zero-order valence-corrected chi connectivity index (χ0v) is 12.0. The quantitative estimate of drug-likeness (QED) is 0.780. The SMILES string of the molecule is CNc1cc(N2C[C@@H]3COC[C@H](C2)N(C)C3)nc(N)n1. The lowest BCUT2D eigenvalue weighted by Crippen LogP contribution is -2.42. The van der Waals surface area contributed by atoms with Gasteiger partial charge < -0.3 is 20.7 Å². The van der Waals surface area contributed by atoms with E-state index in [0.29, 0.717) is 17.9 Å². The van der Waals surface area contributed by atoms with Crippen LogP contribution in [0.2, 0.25) is 0 Å². The molecule has 1 aromatic rings. The number of fused-ring (bicyclic) bond motifs is 3. The molecule has 1 aromatic heterocycles. The maximum Gasteiger partial charge on any atom is 0.223 e. The highest BCUT2D eigenvalue weighted by molar-refractivity contribution is 5.52. The van der Waals surface area contributed by atoms with Crippen molar-refractivity contribution in [1.82, 2.24) is 14.9 Å². The lowest BCUT2D eigenvalue weighted by atomic mass is 10.1. The van der Waals surface area contributed by atoms with Crippen molar-refractivity contribution in [2.75, 3.05) is 62.9 Å². The first-order valence-electron chi connectivity index (χ1n) is 7.01. The van der Waals surface area contributed by atoms with Gasteiger partial charge in [0.1, 0.15) is 11.6 Å². The molecule has 2 bridgehead atoms. The molecule has 3 rings (SSSR count). The van der Waals surface area contributed by atoms with Crippen molar-refractivity contribution in [2.45, 2.75) is 6.04 Å². The fraction of sp³-hybridized carbons (Fsp3) is 0.692. The summed E-state index contributed by atoms with van der Waals surface area (Å²) < 4.78 is 5.75. The molecule has 20 heavy (non-hydrogen) atoms. The minimum Gasteiger partial charge on any atom is -0.379 e. The van der Waals surface area contributed by atoms with Crippen LogP contribution in [-0.4, -0.2) is 67.9 Å². The summed E-state index contributed by atoms with van der Waals surface area (Å²) in [6, 6.07) is 2.36. The lowest BCUT2D eigenvalue weighted by Gasteiger charge is -2.30. The van der Waals surface area contributed by atoms with Crippen LogP contribution in [0, 0.1) is 5.92 Å². The fourth-order valence-corrected chi connectivity index (χ4v) is 2.98. The number of nitrogen functional groups attached to an aromatic ring is 1. The van der Waals surface area contributed by atoms with Gasteiger partial charge in [-0.15, -0.1) is 0 Å². The van der Waals surface area contributed by atoms with E-state index >= 15 is 0 Å². The molecule has 0 radical (unpaired) electrons. The largest absolute Gasteiger partial charge is 0.379 e. The average molecular weight is 278 g/mol. The second-order valence-corrected chi connectivity index (χ2v) is 5.62. The van der Waals surface area contributed by atoms with Gasteiger partial charge in [-0.25, -0.2) is 0 Å². The summed E-state index contributed by atoms with van der Waals surface area (Å²) >= 11 is 0. The smallest absolute Gasteiger partial charge is 0.223 e. The van der Waals surface area contributed by atoms with Gasteiger partial charge in [0.15, 0.2) is 0 Å². The van der Waals surface area contributed by atoms with Crippen molar-refractivity contribution in [1.29, 1.82) is 0 Å². The predicted molar refractivity (Wildman–Crippen MR) is 78.9 cm³/mol. The van der Waals surface area contributed by atoms with Gasteiger partial charge in [-0.2, -0.15) is 9.97 Å². The summed E-state index contributed by atoms with van der Waals surface area (Å²) in [5.41, 5.74) is 5.80. The Bertz CT molecular complexity index is 482. The van der Waals surface area contributed by atoms with Gasteiger partial charge in [0.25, 0.3) is 0 Å². The summed E-state index contributed by atoms with van der Waals surface area (Å²) in [6.07, 6.45) is 0. The van der Waals surface area contributed by atoms with E-state index < -0.39 is 0 Å². The maximum absolute atomic E-state index is 5.80. The lowest BCUT2D eigenvalue weighted by molar-refractivity contribution is 0.0930. The van der Waals surface area contributed by atoms with E-state index in [9.17, 15) is 0 Å². The van der Waals surface area contributed by atoms with Gasteiger partial charge in [0.2, 0.25) is 5.95 Å². The van der Waals surface area contributed by atoms with Crippen LogP contribution in [0.5, 0.6) is 0 Å². The number of ether oxygens (including phenoxy) is 1. The molecule has 7 heteroatoms. The summed E-state index contributed by atoms with van der Waals surface area (Å²) in [7, 11) is 4.01. The molecule has 0 unspecified atom stereocenters. The van der Waals surface area contributed by atoms with Crippen LogP contribution >= 0.6 is 0 Å². The van der Waals surface area contributed by atoms with Crippen LogP contribution < -0.4 is 16.0 Å². The minimum atomic E-state index is 0.311. The highest BCUT2D eigenvalue weighted by atomic mass is 16.5. The summed E-state index contributed by atoms with van der Waals surface area (Å²) in [5, 5.41) is 3.03. The number of likely N-dealkylation sites (N-methyl/N-ethyl adjacent to an activating group) is 1. The molecule has 2 aliphatic heterocycles. The van der Waals surface area contributed by atoms with Crippen molar-refractivity contribution in [2.24, 2.45) is 5.92 Å². The summed E-state index contributed by atoms with van der Waals surface area (Å²) in [4.78, 5) is 13.2. The molecular weight excluding hydrogens is 256 g/mol. The molecule has 2 saturated heterocycles. The van der Waals surface area contributed by atoms with Crippen LogP contribution in [0.3, 0.4) is 0 Å². The molecule has 0 aromatic carbocycles. The third-order valence-corrected chi connectivity index (χ3v) is 4.05. The van der Waals surface area contributed by atoms with E-state index in [0.717, 1.165) is 44.5 Å². The number of aromatic nitrogens is 2. The van der Waals surface area contributed by atoms with Gasteiger partial charge in [-0.05, 0) is 7.05 Å². The topological polar surface area (TPSA) is 79.5 Å². The van der Waals surface area contributed by atoms with E-state index in [1.165, 1.54) is 0 Å². The standard InChI is InChI=1S/C13H22N6O/c1-15-11-3-12(17-13(14)16-11)19-5-9-4-18(2)10(6-19)8-20-7-9/h3,9-10H,4-8H2,1-2H3,(H3,14,15,16,17)/t9-,10+/m1/s1. The third kappa shape index (κ3) is 2.64. The summed E-state index contributed by atoms with van der Waals surface area (Å²) in [6.45, 7) is 4.52. The molecule has 2 fully saturated rings. The summed E-state index contributed by atoms with van der Waals surface area (Å²) in [5.74, 6) is 2.47. The highest BCUT2D eigenvalue weighted by Gasteiger charge is 2.32. The van der Waals surface area contributed by atoms with E-state index in [-0.39, 0.29) is 0 Å². The highest BCUT2D eigenvalue weighted by Crippen LogP contribution is 2.24. The van der Waals surface area contributed by atoms with E-state index in [1.807, 2.05) is 13.1 Å². The predicted octanol–water partition coefficient (Wildman–Crippen LogP) is -0.133. The van der Waals surface area contributed by atoms with E-state index in [2.05, 4.69) is 32.1 Å². The number of rotatable bonds is 2. The molecule has 3 N–H and O–H groups in total. The molecule has 7 nitrogen and oxygen atoms in total. The first-order valence-corrected chi connectivity index (χ1v) is 7.01. The zero-order valence-electron chi connectivity index (χ0n) is 12.0. The number of hydrogen-bond donors (Lipinski definition) is 2. The van der Waals surface area contributed by atoms with E-state index in [1.54, 1.807) is 0 Å². The number of nitrogens with two attached hydrogens (primary N) is 1. The van der Waals surface area contributed by atoms with Crippen molar-refractivity contribution in [3.63, 3.8) is 0 Å². The second-order valence-electron chi connectivity index (χ2n) is 5.62.